The Balaban J connectivity index is 1.95. The highest BCUT2D eigenvalue weighted by atomic mass is 35.5. The molecule has 30 heavy (non-hydrogen) atoms. The number of nitrogens with zero attached hydrogens (tertiary/aromatic N) is 3. The summed E-state index contributed by atoms with van der Waals surface area (Å²) in [4.78, 5) is 21.3. The number of likely N-dealkylation sites (N-methyl/N-ethyl adjacent to an activating group) is 1. The maximum Gasteiger partial charge on any atom is 0.244 e. The fourth-order valence-electron chi connectivity index (χ4n) is 2.96. The van der Waals surface area contributed by atoms with Crippen LogP contribution >= 0.6 is 22.9 Å². The molecule has 0 spiro atoms. The van der Waals surface area contributed by atoms with Gasteiger partial charge in [-0.1, -0.05) is 35.1 Å². The number of carbonyl (C=O) groups excluding carboxylic acids is 1. The maximum absolute atomic E-state index is 13.1. The van der Waals surface area contributed by atoms with Crippen LogP contribution in [0.25, 0.3) is 10.2 Å². The molecular formula is C21H24ClN3O3S2. The Hall–Kier alpha value is -2.00. The fourth-order valence-corrected chi connectivity index (χ4v) is 5.44. The number of fused-ring (bicyclic) bond motifs is 1. The fraction of sp³-hybridized carbons (Fsp3) is 0.333. The number of rotatable bonds is 7. The van der Waals surface area contributed by atoms with E-state index in [2.05, 4.69) is 4.98 Å². The predicted molar refractivity (Wildman–Crippen MR) is 124 cm³/mol. The van der Waals surface area contributed by atoms with Crippen molar-refractivity contribution in [3.63, 3.8) is 0 Å². The highest BCUT2D eigenvalue weighted by Gasteiger charge is 2.27. The largest absolute Gasteiger partial charge is 0.308 e. The molecule has 0 bridgehead atoms. The van der Waals surface area contributed by atoms with Gasteiger partial charge in [0, 0.05) is 18.1 Å². The van der Waals surface area contributed by atoms with Gasteiger partial charge in [0.25, 0.3) is 0 Å². The van der Waals surface area contributed by atoms with Gasteiger partial charge in [-0.25, -0.2) is 13.4 Å². The Morgan fingerprint density at radius 3 is 2.27 bits per heavy atom. The summed E-state index contributed by atoms with van der Waals surface area (Å²) in [6.45, 7) is 4.91. The summed E-state index contributed by atoms with van der Waals surface area (Å²) in [7, 11) is 0.00422. The summed E-state index contributed by atoms with van der Waals surface area (Å²) in [5.41, 5.74) is 2.94. The third-order valence-corrected chi connectivity index (χ3v) is 7.80. The van der Waals surface area contributed by atoms with Crippen LogP contribution in [0, 0.1) is 13.8 Å². The molecular weight excluding hydrogens is 442 g/mol. The van der Waals surface area contributed by atoms with Crippen molar-refractivity contribution in [1.29, 1.82) is 0 Å². The summed E-state index contributed by atoms with van der Waals surface area (Å²) in [5.74, 6) is -1.13. The molecule has 0 N–H and O–H groups in total. The van der Waals surface area contributed by atoms with Crippen molar-refractivity contribution in [3.05, 3.63) is 52.5 Å². The summed E-state index contributed by atoms with van der Waals surface area (Å²) in [6.07, 6.45) is 0. The molecule has 0 aliphatic carbocycles. The molecule has 6 nitrogen and oxygen atoms in total. The standard InChI is InChI=1S/C21H24ClN3O3S2/c1-14-5-6-15(2)20-19(14)23-21(29-20)25(12-11-24(3)4)18(26)13-30(27,28)17-9-7-16(22)8-10-17/h5-10H,11-13H2,1-4H3. The molecule has 3 rings (SSSR count). The van der Waals surface area contributed by atoms with Gasteiger partial charge in [0.2, 0.25) is 5.91 Å². The molecule has 0 radical (unpaired) electrons. The molecule has 0 saturated carbocycles. The molecule has 1 aromatic heterocycles. The Bertz CT molecular complexity index is 1130. The highest BCUT2D eigenvalue weighted by Crippen LogP contribution is 2.33. The van der Waals surface area contributed by atoms with E-state index in [-0.39, 0.29) is 4.90 Å². The Morgan fingerprint density at radius 1 is 1.03 bits per heavy atom. The zero-order valence-corrected chi connectivity index (χ0v) is 19.7. The second-order valence-corrected chi connectivity index (χ2v) is 10.8. The van der Waals surface area contributed by atoms with Gasteiger partial charge in [-0.15, -0.1) is 0 Å². The molecule has 0 atom stereocenters. The second kappa shape index (κ2) is 9.01. The van der Waals surface area contributed by atoms with Crippen LogP contribution in [0.4, 0.5) is 5.13 Å². The van der Waals surface area contributed by atoms with Crippen LogP contribution in [0.1, 0.15) is 11.1 Å². The average molecular weight is 466 g/mol. The minimum atomic E-state index is -3.80. The zero-order valence-electron chi connectivity index (χ0n) is 17.3. The van der Waals surface area contributed by atoms with Crippen LogP contribution < -0.4 is 4.90 Å². The number of hydrogen-bond acceptors (Lipinski definition) is 6. The maximum atomic E-state index is 13.1. The number of aryl methyl sites for hydroxylation is 2. The van der Waals surface area contributed by atoms with Crippen LogP contribution in [0.5, 0.6) is 0 Å². The van der Waals surface area contributed by atoms with Gasteiger partial charge in [-0.05, 0) is 63.3 Å². The number of hydrogen-bond donors (Lipinski definition) is 0. The molecule has 0 saturated heterocycles. The summed E-state index contributed by atoms with van der Waals surface area (Å²) in [5, 5.41) is 0.952. The number of benzene rings is 2. The van der Waals surface area contributed by atoms with E-state index in [0.717, 1.165) is 21.3 Å². The van der Waals surface area contributed by atoms with E-state index in [4.69, 9.17) is 11.6 Å². The molecule has 2 aromatic carbocycles. The summed E-state index contributed by atoms with van der Waals surface area (Å²) < 4.78 is 26.6. The molecule has 0 aliphatic rings. The summed E-state index contributed by atoms with van der Waals surface area (Å²) in [6, 6.07) is 9.86. The van der Waals surface area contributed by atoms with Gasteiger partial charge in [-0.3, -0.25) is 9.69 Å². The predicted octanol–water partition coefficient (Wildman–Crippen LogP) is 3.94. The van der Waals surface area contributed by atoms with Gasteiger partial charge in [0.05, 0.1) is 15.1 Å². The lowest BCUT2D eigenvalue weighted by Crippen LogP contribution is -2.40. The molecule has 1 heterocycles. The number of anilines is 1. The van der Waals surface area contributed by atoms with Crippen LogP contribution in [0.2, 0.25) is 5.02 Å². The van der Waals surface area contributed by atoms with Crippen LogP contribution in [-0.2, 0) is 14.6 Å². The first-order valence-corrected chi connectivity index (χ1v) is 12.2. The van der Waals surface area contributed by atoms with Crippen LogP contribution in [0.15, 0.2) is 41.3 Å². The van der Waals surface area contributed by atoms with E-state index in [1.165, 1.54) is 40.5 Å². The van der Waals surface area contributed by atoms with E-state index >= 15 is 0 Å². The topological polar surface area (TPSA) is 70.6 Å². The van der Waals surface area contributed by atoms with Crippen molar-refractivity contribution in [2.24, 2.45) is 0 Å². The van der Waals surface area contributed by atoms with Gasteiger partial charge in [-0.2, -0.15) is 0 Å². The molecule has 9 heteroatoms. The minimum Gasteiger partial charge on any atom is -0.308 e. The number of halogens is 1. The SMILES string of the molecule is Cc1ccc(C)c2sc(N(CCN(C)C)C(=O)CS(=O)(=O)c3ccc(Cl)cc3)nc12. The molecule has 3 aromatic rings. The van der Waals surface area contributed by atoms with Crippen molar-refractivity contribution < 1.29 is 13.2 Å². The number of aromatic nitrogens is 1. The second-order valence-electron chi connectivity index (χ2n) is 7.44. The lowest BCUT2D eigenvalue weighted by Gasteiger charge is -2.22. The van der Waals surface area contributed by atoms with E-state index in [9.17, 15) is 13.2 Å². The van der Waals surface area contributed by atoms with Crippen molar-refractivity contribution >= 4 is 54.0 Å². The first-order chi connectivity index (χ1) is 14.1. The Kier molecular flexibility index (Phi) is 6.81. The van der Waals surface area contributed by atoms with Crippen LogP contribution in [-0.4, -0.2) is 57.1 Å². The zero-order chi connectivity index (χ0) is 22.1. The van der Waals surface area contributed by atoms with Gasteiger partial charge in [0.1, 0.15) is 5.75 Å². The number of carbonyl (C=O) groups is 1. The molecule has 1 amide bonds. The number of amides is 1. The lowest BCUT2D eigenvalue weighted by atomic mass is 10.1. The third-order valence-electron chi connectivity index (χ3n) is 4.72. The smallest absolute Gasteiger partial charge is 0.244 e. The Morgan fingerprint density at radius 2 is 1.67 bits per heavy atom. The molecule has 0 unspecified atom stereocenters. The normalized spacial score (nSPS) is 11.9. The number of thiazole rings is 1. The van der Waals surface area contributed by atoms with Gasteiger partial charge >= 0.3 is 0 Å². The van der Waals surface area contributed by atoms with Crippen molar-refractivity contribution in [1.82, 2.24) is 9.88 Å². The van der Waals surface area contributed by atoms with Gasteiger partial charge in [0.15, 0.2) is 15.0 Å². The van der Waals surface area contributed by atoms with E-state index in [0.29, 0.717) is 23.2 Å². The lowest BCUT2D eigenvalue weighted by molar-refractivity contribution is -0.116. The minimum absolute atomic E-state index is 0.0730. The highest BCUT2D eigenvalue weighted by molar-refractivity contribution is 7.92. The first-order valence-electron chi connectivity index (χ1n) is 9.38. The average Bonchev–Trinajstić information content (AvgIpc) is 3.11. The van der Waals surface area contributed by atoms with E-state index in [1.807, 2.05) is 45.0 Å². The first kappa shape index (κ1) is 22.7. The van der Waals surface area contributed by atoms with E-state index < -0.39 is 21.5 Å². The monoisotopic (exact) mass is 465 g/mol. The van der Waals surface area contributed by atoms with Crippen LogP contribution in [0.3, 0.4) is 0 Å². The quantitative estimate of drug-likeness (QED) is 0.528. The molecule has 160 valence electrons. The summed E-state index contributed by atoms with van der Waals surface area (Å²) >= 11 is 7.26. The van der Waals surface area contributed by atoms with Crippen molar-refractivity contribution in [2.45, 2.75) is 18.7 Å². The van der Waals surface area contributed by atoms with E-state index in [1.54, 1.807) is 0 Å². The Labute approximate surface area is 186 Å². The molecule has 0 aliphatic heterocycles. The molecule has 0 fully saturated rings. The van der Waals surface area contributed by atoms with Crippen molar-refractivity contribution in [2.75, 3.05) is 37.8 Å². The number of sulfone groups is 1. The third kappa shape index (κ3) is 5.00. The van der Waals surface area contributed by atoms with Gasteiger partial charge < -0.3 is 4.90 Å². The van der Waals surface area contributed by atoms with Crippen molar-refractivity contribution in [3.8, 4) is 0 Å².